The minimum Gasteiger partial charge on any atom is -0.508 e. The Hall–Kier alpha value is -1.06. The van der Waals surface area contributed by atoms with Crippen LogP contribution in [0.1, 0.15) is 11.1 Å². The van der Waals surface area contributed by atoms with Crippen molar-refractivity contribution in [2.24, 2.45) is 0 Å². The van der Waals surface area contributed by atoms with Crippen LogP contribution in [0, 0.1) is 13.8 Å². The first-order valence-corrected chi connectivity index (χ1v) is 7.00. The van der Waals surface area contributed by atoms with Gasteiger partial charge in [-0.1, -0.05) is 22.0 Å². The minimum absolute atomic E-state index is 0.376. The Balaban J connectivity index is 2.54. The van der Waals surface area contributed by atoms with E-state index in [1.54, 1.807) is 11.3 Å². The number of aromatic hydroxyl groups is 1. The van der Waals surface area contributed by atoms with Gasteiger partial charge in [-0.3, -0.25) is 0 Å². The molecule has 1 aromatic heterocycles. The zero-order chi connectivity index (χ0) is 12.2. The molecule has 3 heteroatoms. The number of phenolic OH excluding ortho intramolecular Hbond substituents is 1. The molecule has 1 heterocycles. The van der Waals surface area contributed by atoms with Crippen molar-refractivity contribution in [3.8, 4) is 5.75 Å². The van der Waals surface area contributed by atoms with E-state index < -0.39 is 0 Å². The van der Waals surface area contributed by atoms with E-state index in [1.807, 2.05) is 13.0 Å². The summed E-state index contributed by atoms with van der Waals surface area (Å²) in [7, 11) is 0. The Morgan fingerprint density at radius 2 is 1.88 bits per heavy atom. The second-order valence-corrected chi connectivity index (χ2v) is 6.19. The fourth-order valence-electron chi connectivity index (χ4n) is 2.09. The van der Waals surface area contributed by atoms with Gasteiger partial charge >= 0.3 is 0 Å². The number of rotatable bonds is 0. The molecule has 0 saturated carbocycles. The van der Waals surface area contributed by atoms with Gasteiger partial charge in [0.15, 0.2) is 0 Å². The van der Waals surface area contributed by atoms with E-state index >= 15 is 0 Å². The highest BCUT2D eigenvalue weighted by atomic mass is 79.9. The van der Waals surface area contributed by atoms with Crippen molar-refractivity contribution in [3.05, 3.63) is 39.9 Å². The van der Waals surface area contributed by atoms with E-state index in [9.17, 15) is 5.11 Å². The molecular formula is C14H11BrOS. The number of halogens is 1. The molecular weight excluding hydrogens is 296 g/mol. The van der Waals surface area contributed by atoms with Crippen LogP contribution in [0.3, 0.4) is 0 Å². The molecule has 3 aromatic rings. The van der Waals surface area contributed by atoms with Crippen LogP contribution in [0.25, 0.3) is 20.2 Å². The first kappa shape index (κ1) is 11.1. The number of benzene rings is 2. The van der Waals surface area contributed by atoms with Gasteiger partial charge in [0.2, 0.25) is 0 Å². The lowest BCUT2D eigenvalue weighted by Gasteiger charge is -2.00. The molecule has 0 fully saturated rings. The molecule has 2 aromatic carbocycles. The number of phenols is 1. The molecule has 0 saturated heterocycles. The maximum Gasteiger partial charge on any atom is 0.119 e. The summed E-state index contributed by atoms with van der Waals surface area (Å²) >= 11 is 5.30. The highest BCUT2D eigenvalue weighted by Gasteiger charge is 2.10. The minimum atomic E-state index is 0.376. The first-order chi connectivity index (χ1) is 8.08. The molecule has 0 spiro atoms. The molecule has 0 aliphatic rings. The van der Waals surface area contributed by atoms with Gasteiger partial charge in [-0.05, 0) is 43.2 Å². The van der Waals surface area contributed by atoms with Crippen LogP contribution < -0.4 is 0 Å². The highest BCUT2D eigenvalue weighted by Crippen LogP contribution is 2.40. The lowest BCUT2D eigenvalue weighted by Crippen LogP contribution is -1.76. The SMILES string of the molecule is Cc1cc2c(cc1O)sc1c(C)c(Br)ccc12. The van der Waals surface area contributed by atoms with Gasteiger partial charge in [0, 0.05) is 24.6 Å². The van der Waals surface area contributed by atoms with E-state index in [-0.39, 0.29) is 0 Å². The van der Waals surface area contributed by atoms with Crippen molar-refractivity contribution < 1.29 is 5.11 Å². The molecule has 86 valence electrons. The molecule has 1 nitrogen and oxygen atoms in total. The van der Waals surface area contributed by atoms with Crippen LogP contribution in [-0.4, -0.2) is 5.11 Å². The van der Waals surface area contributed by atoms with Crippen LogP contribution in [-0.2, 0) is 0 Å². The molecule has 0 amide bonds. The molecule has 0 unspecified atom stereocenters. The van der Waals surface area contributed by atoms with Gasteiger partial charge in [-0.25, -0.2) is 0 Å². The number of aryl methyl sites for hydroxylation is 2. The largest absolute Gasteiger partial charge is 0.508 e. The van der Waals surface area contributed by atoms with Crippen molar-refractivity contribution >= 4 is 47.4 Å². The number of hydrogen-bond acceptors (Lipinski definition) is 2. The summed E-state index contributed by atoms with van der Waals surface area (Å²) in [6, 6.07) is 8.16. The Kier molecular flexibility index (Phi) is 2.42. The van der Waals surface area contributed by atoms with E-state index in [2.05, 4.69) is 41.1 Å². The Morgan fingerprint density at radius 1 is 1.12 bits per heavy atom. The van der Waals surface area contributed by atoms with Gasteiger partial charge < -0.3 is 5.11 Å². The van der Waals surface area contributed by atoms with E-state index in [4.69, 9.17) is 0 Å². The number of hydrogen-bond donors (Lipinski definition) is 1. The van der Waals surface area contributed by atoms with Crippen LogP contribution in [0.2, 0.25) is 0 Å². The Morgan fingerprint density at radius 3 is 2.65 bits per heavy atom. The second kappa shape index (κ2) is 3.72. The molecule has 0 aliphatic heterocycles. The van der Waals surface area contributed by atoms with Gasteiger partial charge in [-0.2, -0.15) is 0 Å². The molecule has 0 aliphatic carbocycles. The van der Waals surface area contributed by atoms with Crippen LogP contribution >= 0.6 is 27.3 Å². The molecule has 3 rings (SSSR count). The summed E-state index contributed by atoms with van der Waals surface area (Å²) < 4.78 is 3.57. The standard InChI is InChI=1S/C14H11BrOS/c1-7-5-10-9-3-4-11(15)8(2)14(9)17-13(10)6-12(7)16/h3-6,16H,1-2H3. The predicted molar refractivity (Wildman–Crippen MR) is 78.2 cm³/mol. The summed E-state index contributed by atoms with van der Waals surface area (Å²) in [4.78, 5) is 0. The lowest BCUT2D eigenvalue weighted by atomic mass is 10.1. The molecule has 1 N–H and O–H groups in total. The van der Waals surface area contributed by atoms with E-state index in [0.29, 0.717) is 5.75 Å². The van der Waals surface area contributed by atoms with E-state index in [1.165, 1.54) is 21.0 Å². The fourth-order valence-corrected chi connectivity index (χ4v) is 3.78. The van der Waals surface area contributed by atoms with Gasteiger partial charge in [0.1, 0.15) is 5.75 Å². The molecule has 0 atom stereocenters. The zero-order valence-electron chi connectivity index (χ0n) is 9.54. The Labute approximate surface area is 112 Å². The van der Waals surface area contributed by atoms with Gasteiger partial charge in [-0.15, -0.1) is 11.3 Å². The quantitative estimate of drug-likeness (QED) is 0.610. The first-order valence-electron chi connectivity index (χ1n) is 5.39. The fraction of sp³-hybridized carbons (Fsp3) is 0.143. The van der Waals surface area contributed by atoms with Crippen molar-refractivity contribution in [2.45, 2.75) is 13.8 Å². The average Bonchev–Trinajstić information content (AvgIpc) is 2.63. The average molecular weight is 307 g/mol. The highest BCUT2D eigenvalue weighted by molar-refractivity contribution is 9.10. The van der Waals surface area contributed by atoms with Crippen LogP contribution in [0.15, 0.2) is 28.7 Å². The summed E-state index contributed by atoms with van der Waals surface area (Å²) in [6.45, 7) is 4.05. The van der Waals surface area contributed by atoms with Crippen molar-refractivity contribution in [1.29, 1.82) is 0 Å². The maximum atomic E-state index is 9.76. The predicted octanol–water partition coefficient (Wildman–Crippen LogP) is 5.14. The molecule has 17 heavy (non-hydrogen) atoms. The van der Waals surface area contributed by atoms with Crippen LogP contribution in [0.5, 0.6) is 5.75 Å². The summed E-state index contributed by atoms with van der Waals surface area (Å²) in [5.74, 6) is 0.376. The molecule has 0 bridgehead atoms. The lowest BCUT2D eigenvalue weighted by molar-refractivity contribution is 0.472. The van der Waals surface area contributed by atoms with Crippen LogP contribution in [0.4, 0.5) is 0 Å². The third kappa shape index (κ3) is 1.57. The van der Waals surface area contributed by atoms with Crippen molar-refractivity contribution in [1.82, 2.24) is 0 Å². The van der Waals surface area contributed by atoms with Crippen molar-refractivity contribution in [3.63, 3.8) is 0 Å². The summed E-state index contributed by atoms with van der Waals surface area (Å²) in [5.41, 5.74) is 2.19. The van der Waals surface area contributed by atoms with Crippen molar-refractivity contribution in [2.75, 3.05) is 0 Å². The number of fused-ring (bicyclic) bond motifs is 3. The van der Waals surface area contributed by atoms with Gasteiger partial charge in [0.05, 0.1) is 0 Å². The third-order valence-corrected chi connectivity index (χ3v) is 5.29. The Bertz CT molecular complexity index is 743. The smallest absolute Gasteiger partial charge is 0.119 e. The monoisotopic (exact) mass is 306 g/mol. The second-order valence-electron chi connectivity index (χ2n) is 4.29. The topological polar surface area (TPSA) is 20.2 Å². The zero-order valence-corrected chi connectivity index (χ0v) is 11.9. The van der Waals surface area contributed by atoms with E-state index in [0.717, 1.165) is 14.7 Å². The normalized spacial score (nSPS) is 11.5. The summed E-state index contributed by atoms with van der Waals surface area (Å²) in [5, 5.41) is 12.3. The number of thiophene rings is 1. The summed E-state index contributed by atoms with van der Waals surface area (Å²) in [6.07, 6.45) is 0. The third-order valence-electron chi connectivity index (χ3n) is 3.14. The van der Waals surface area contributed by atoms with Gasteiger partial charge in [0.25, 0.3) is 0 Å². The maximum absolute atomic E-state index is 9.76. The molecule has 0 radical (unpaired) electrons.